The number of methoxy groups -OCH3 is 1. The highest BCUT2D eigenvalue weighted by atomic mass is 16.5. The van der Waals surface area contributed by atoms with Gasteiger partial charge in [0.1, 0.15) is 6.54 Å². The maximum Gasteiger partial charge on any atom is 0.332 e. The number of aryl methyl sites for hydroxylation is 1. The normalized spacial score (nSPS) is 16.6. The lowest BCUT2D eigenvalue weighted by Gasteiger charge is -2.28. The maximum atomic E-state index is 13.0. The molecule has 3 heterocycles. The number of esters is 1. The van der Waals surface area contributed by atoms with Crippen LogP contribution in [0.2, 0.25) is 0 Å². The predicted octanol–water partition coefficient (Wildman–Crippen LogP) is 0.237. The lowest BCUT2D eigenvalue weighted by Crippen LogP contribution is -2.40. The van der Waals surface area contributed by atoms with Gasteiger partial charge in [-0.05, 0) is 20.3 Å². The van der Waals surface area contributed by atoms with Gasteiger partial charge in [-0.3, -0.25) is 23.3 Å². The minimum absolute atomic E-state index is 0.138. The van der Waals surface area contributed by atoms with E-state index in [1.54, 1.807) is 11.6 Å². The molecule has 0 radical (unpaired) electrons. The van der Waals surface area contributed by atoms with E-state index in [1.165, 1.54) is 21.3 Å². The molecule has 1 aliphatic rings. The minimum Gasteiger partial charge on any atom is -0.468 e. The fourth-order valence-electron chi connectivity index (χ4n) is 3.10. The third-order valence-electron chi connectivity index (χ3n) is 4.61. The molecule has 0 saturated carbocycles. The van der Waals surface area contributed by atoms with Crippen LogP contribution in [0.15, 0.2) is 14.7 Å². The van der Waals surface area contributed by atoms with Gasteiger partial charge in [-0.15, -0.1) is 0 Å². The Hall–Kier alpha value is -2.91. The first-order valence-corrected chi connectivity index (χ1v) is 8.43. The highest BCUT2D eigenvalue weighted by Crippen LogP contribution is 2.29. The van der Waals surface area contributed by atoms with Gasteiger partial charge >= 0.3 is 11.7 Å². The summed E-state index contributed by atoms with van der Waals surface area (Å²) in [6.07, 6.45) is 0.659. The summed E-state index contributed by atoms with van der Waals surface area (Å²) in [4.78, 5) is 41.7. The topological polar surface area (TPSA) is 104 Å². The molecule has 0 amide bonds. The Morgan fingerprint density at radius 1 is 1.31 bits per heavy atom. The van der Waals surface area contributed by atoms with Gasteiger partial charge in [0.25, 0.3) is 5.56 Å². The van der Waals surface area contributed by atoms with Crippen LogP contribution in [0.4, 0.5) is 5.95 Å². The number of nitrogens with zero attached hydrogens (tertiary/aromatic N) is 6. The lowest BCUT2D eigenvalue weighted by molar-refractivity contribution is -0.139. The van der Waals surface area contributed by atoms with Crippen LogP contribution >= 0.6 is 0 Å². The molecular weight excluding hydrogens is 340 g/mol. The summed E-state index contributed by atoms with van der Waals surface area (Å²) >= 11 is 0. The van der Waals surface area contributed by atoms with E-state index >= 15 is 0 Å². The van der Waals surface area contributed by atoms with Crippen molar-refractivity contribution in [2.75, 3.05) is 18.7 Å². The Morgan fingerprint density at radius 2 is 2.00 bits per heavy atom. The number of imidazole rings is 1. The zero-order valence-electron chi connectivity index (χ0n) is 15.5. The summed E-state index contributed by atoms with van der Waals surface area (Å²) < 4.78 is 9.02. The van der Waals surface area contributed by atoms with Crippen LogP contribution in [0.3, 0.4) is 0 Å². The van der Waals surface area contributed by atoms with Crippen molar-refractivity contribution in [3.63, 3.8) is 0 Å². The number of hydrogen-bond donors (Lipinski definition) is 0. The zero-order valence-corrected chi connectivity index (χ0v) is 15.5. The molecule has 0 spiro atoms. The van der Waals surface area contributed by atoms with Crippen molar-refractivity contribution in [2.24, 2.45) is 12.1 Å². The molecule has 0 aliphatic carbocycles. The fourth-order valence-corrected chi connectivity index (χ4v) is 3.10. The summed E-state index contributed by atoms with van der Waals surface area (Å²) in [5, 5.41) is 5.80. The highest BCUT2D eigenvalue weighted by molar-refractivity contribution is 5.92. The Morgan fingerprint density at radius 3 is 2.62 bits per heavy atom. The molecule has 10 nitrogen and oxygen atoms in total. The number of carbonyl (C=O) groups is 1. The Balaban J connectivity index is 2.34. The monoisotopic (exact) mass is 362 g/mol. The number of hydrogen-bond acceptors (Lipinski definition) is 7. The zero-order chi connectivity index (χ0) is 19.2. The highest BCUT2D eigenvalue weighted by Gasteiger charge is 2.31. The summed E-state index contributed by atoms with van der Waals surface area (Å²) in [6, 6.07) is -0.232. The number of hydrazone groups is 1. The van der Waals surface area contributed by atoms with Gasteiger partial charge in [-0.25, -0.2) is 9.80 Å². The smallest absolute Gasteiger partial charge is 0.332 e. The van der Waals surface area contributed by atoms with Crippen LogP contribution in [-0.2, 0) is 23.1 Å². The Bertz CT molecular complexity index is 1030. The van der Waals surface area contributed by atoms with E-state index in [0.29, 0.717) is 24.4 Å². The van der Waals surface area contributed by atoms with Gasteiger partial charge in [0.15, 0.2) is 11.2 Å². The average molecular weight is 362 g/mol. The largest absolute Gasteiger partial charge is 0.468 e. The second-order valence-corrected chi connectivity index (χ2v) is 6.30. The SMILES string of the molecule is CCCn1c(=O)c2c(nc3n2[C@H](C)C(C)=NN3CC(=O)OC)n(C)c1=O. The van der Waals surface area contributed by atoms with Crippen LogP contribution < -0.4 is 16.3 Å². The standard InChI is InChI=1S/C16H22N6O4/c1-6-7-20-14(24)12-13(19(4)16(20)25)17-15-21(8-11(23)26-5)18-9(2)10(3)22(12)15/h10H,6-8H2,1-5H3/t10-/m1/s1. The molecule has 26 heavy (non-hydrogen) atoms. The molecule has 2 aromatic heterocycles. The van der Waals surface area contributed by atoms with E-state index in [2.05, 4.69) is 10.1 Å². The van der Waals surface area contributed by atoms with E-state index in [4.69, 9.17) is 4.74 Å². The van der Waals surface area contributed by atoms with E-state index in [9.17, 15) is 14.4 Å². The van der Waals surface area contributed by atoms with Crippen LogP contribution in [0, 0.1) is 0 Å². The second-order valence-electron chi connectivity index (χ2n) is 6.30. The molecular formula is C16H22N6O4. The fraction of sp³-hybridized carbons (Fsp3) is 0.562. The van der Waals surface area contributed by atoms with Crippen molar-refractivity contribution < 1.29 is 9.53 Å². The first-order chi connectivity index (χ1) is 12.3. The van der Waals surface area contributed by atoms with Gasteiger partial charge in [0, 0.05) is 13.6 Å². The average Bonchev–Trinajstić information content (AvgIpc) is 3.02. The third kappa shape index (κ3) is 2.52. The molecule has 0 bridgehead atoms. The first-order valence-electron chi connectivity index (χ1n) is 8.43. The van der Waals surface area contributed by atoms with Crippen molar-refractivity contribution in [3.8, 4) is 0 Å². The third-order valence-corrected chi connectivity index (χ3v) is 4.61. The van der Waals surface area contributed by atoms with E-state index in [1.807, 2.05) is 20.8 Å². The molecule has 140 valence electrons. The van der Waals surface area contributed by atoms with Gasteiger partial charge in [-0.2, -0.15) is 10.1 Å². The second kappa shape index (κ2) is 6.43. The van der Waals surface area contributed by atoms with Gasteiger partial charge in [-0.1, -0.05) is 6.92 Å². The van der Waals surface area contributed by atoms with Crippen molar-refractivity contribution in [1.82, 2.24) is 18.7 Å². The predicted molar refractivity (Wildman–Crippen MR) is 96.7 cm³/mol. The number of aromatic nitrogens is 4. The molecule has 1 aliphatic heterocycles. The maximum absolute atomic E-state index is 13.0. The molecule has 0 saturated heterocycles. The van der Waals surface area contributed by atoms with E-state index < -0.39 is 11.7 Å². The van der Waals surface area contributed by atoms with Crippen molar-refractivity contribution in [1.29, 1.82) is 0 Å². The van der Waals surface area contributed by atoms with E-state index in [-0.39, 0.29) is 23.8 Å². The number of ether oxygens (including phenoxy) is 1. The van der Waals surface area contributed by atoms with Crippen LogP contribution in [0.5, 0.6) is 0 Å². The molecule has 2 aromatic rings. The lowest BCUT2D eigenvalue weighted by atomic mass is 10.2. The number of rotatable bonds is 4. The van der Waals surface area contributed by atoms with Crippen molar-refractivity contribution in [2.45, 2.75) is 39.8 Å². The molecule has 10 heteroatoms. The number of anilines is 1. The summed E-state index contributed by atoms with van der Waals surface area (Å²) in [6.45, 7) is 5.81. The summed E-state index contributed by atoms with van der Waals surface area (Å²) in [5.41, 5.74) is 0.519. The van der Waals surface area contributed by atoms with Crippen molar-refractivity contribution in [3.05, 3.63) is 20.8 Å². The molecule has 0 aromatic carbocycles. The molecule has 3 rings (SSSR count). The van der Waals surface area contributed by atoms with Crippen LogP contribution in [0.25, 0.3) is 11.2 Å². The first kappa shape index (κ1) is 17.9. The van der Waals surface area contributed by atoms with E-state index in [0.717, 1.165) is 5.71 Å². The van der Waals surface area contributed by atoms with Crippen LogP contribution in [-0.4, -0.2) is 44.0 Å². The minimum atomic E-state index is -0.480. The molecule has 0 unspecified atom stereocenters. The van der Waals surface area contributed by atoms with Gasteiger partial charge in [0.2, 0.25) is 5.95 Å². The number of carbonyl (C=O) groups excluding carboxylic acids is 1. The molecule has 0 fully saturated rings. The van der Waals surface area contributed by atoms with Gasteiger partial charge in [0.05, 0.1) is 18.9 Å². The quantitative estimate of drug-likeness (QED) is 0.722. The summed E-state index contributed by atoms with van der Waals surface area (Å²) in [5.74, 6) is -0.142. The van der Waals surface area contributed by atoms with Crippen LogP contribution in [0.1, 0.15) is 33.2 Å². The molecule has 1 atom stereocenters. The summed E-state index contributed by atoms with van der Waals surface area (Å²) in [7, 11) is 2.87. The Kier molecular flexibility index (Phi) is 4.43. The Labute approximate surface area is 149 Å². The number of fused-ring (bicyclic) bond motifs is 3. The molecule has 0 N–H and O–H groups in total. The van der Waals surface area contributed by atoms with Crippen molar-refractivity contribution >= 4 is 28.8 Å². The van der Waals surface area contributed by atoms with Gasteiger partial charge < -0.3 is 4.74 Å².